The maximum atomic E-state index is 13.1. The zero-order valence-electron chi connectivity index (χ0n) is 17.4. The second-order valence-electron chi connectivity index (χ2n) is 8.58. The first-order valence-electron chi connectivity index (χ1n) is 10.4. The molecule has 2 atom stereocenters. The molecule has 3 rings (SSSR count). The first-order valence-corrected chi connectivity index (χ1v) is 11.8. The Morgan fingerprint density at radius 3 is 2.29 bits per heavy atom. The van der Waals surface area contributed by atoms with Crippen LogP contribution in [0.3, 0.4) is 0 Å². The zero-order valence-corrected chi connectivity index (χ0v) is 18.2. The number of hydrogen-bond donors (Lipinski definition) is 1. The standard InChI is InChI=1S/C21H33N3O3S/c1-5-17(4)15-24-20(25)19(16(2)3)22-21(24)11-13-23(14-12-21)28(26,27)18-9-7-6-8-10-18/h6-10,16-17,19,22H,5,11-15H2,1-4H3/t17-,19-/m1/s1. The number of amides is 1. The van der Waals surface area contributed by atoms with Gasteiger partial charge in [-0.2, -0.15) is 4.31 Å². The Labute approximate surface area is 169 Å². The minimum atomic E-state index is -3.49. The fourth-order valence-corrected chi connectivity index (χ4v) is 5.68. The highest BCUT2D eigenvalue weighted by atomic mass is 32.2. The van der Waals surface area contributed by atoms with Crippen LogP contribution in [0.15, 0.2) is 35.2 Å². The molecular formula is C21H33N3O3S. The van der Waals surface area contributed by atoms with Crippen LogP contribution in [0.4, 0.5) is 0 Å². The molecule has 28 heavy (non-hydrogen) atoms. The molecule has 2 fully saturated rings. The van der Waals surface area contributed by atoms with E-state index in [0.29, 0.717) is 36.7 Å². The molecule has 0 saturated carbocycles. The van der Waals surface area contributed by atoms with Crippen LogP contribution in [-0.2, 0) is 14.8 Å². The molecule has 6 nitrogen and oxygen atoms in total. The molecule has 2 heterocycles. The van der Waals surface area contributed by atoms with Crippen LogP contribution in [0.2, 0.25) is 0 Å². The van der Waals surface area contributed by atoms with Crippen LogP contribution in [0.5, 0.6) is 0 Å². The number of nitrogens with zero attached hydrogens (tertiary/aromatic N) is 2. The van der Waals surface area contributed by atoms with Crippen molar-refractivity contribution >= 4 is 15.9 Å². The largest absolute Gasteiger partial charge is 0.323 e. The number of carbonyl (C=O) groups excluding carboxylic acids is 1. The number of piperidine rings is 1. The van der Waals surface area contributed by atoms with E-state index in [9.17, 15) is 13.2 Å². The maximum absolute atomic E-state index is 13.1. The first kappa shape index (κ1) is 21.3. The van der Waals surface area contributed by atoms with Crippen LogP contribution in [0.25, 0.3) is 0 Å². The normalized spacial score (nSPS) is 24.2. The van der Waals surface area contributed by atoms with E-state index in [-0.39, 0.29) is 17.9 Å². The summed E-state index contributed by atoms with van der Waals surface area (Å²) in [4.78, 5) is 15.4. The molecule has 2 aliphatic heterocycles. The van der Waals surface area contributed by atoms with Crippen LogP contribution < -0.4 is 5.32 Å². The fraction of sp³-hybridized carbons (Fsp3) is 0.667. The summed E-state index contributed by atoms with van der Waals surface area (Å²) in [7, 11) is -3.49. The molecule has 1 spiro atoms. The number of rotatable bonds is 6. The summed E-state index contributed by atoms with van der Waals surface area (Å²) in [6.45, 7) is 9.98. The minimum absolute atomic E-state index is 0.162. The predicted octanol–water partition coefficient (Wildman–Crippen LogP) is 2.67. The van der Waals surface area contributed by atoms with Gasteiger partial charge in [0.05, 0.1) is 16.6 Å². The maximum Gasteiger partial charge on any atom is 0.243 e. The third kappa shape index (κ3) is 3.84. The summed E-state index contributed by atoms with van der Waals surface area (Å²) in [6.07, 6.45) is 2.25. The van der Waals surface area contributed by atoms with Gasteiger partial charge >= 0.3 is 0 Å². The SMILES string of the molecule is CC[C@@H](C)CN1C(=O)[C@@H](C(C)C)NC12CCN(S(=O)(=O)c1ccccc1)CC2. The fourth-order valence-electron chi connectivity index (χ4n) is 4.22. The van der Waals surface area contributed by atoms with Gasteiger partial charge in [-0.05, 0) is 36.8 Å². The van der Waals surface area contributed by atoms with Gasteiger partial charge in [0.2, 0.25) is 15.9 Å². The summed E-state index contributed by atoms with van der Waals surface area (Å²) in [6, 6.07) is 8.40. The van der Waals surface area contributed by atoms with Gasteiger partial charge in [0.15, 0.2) is 0 Å². The lowest BCUT2D eigenvalue weighted by Crippen LogP contribution is -2.60. The molecule has 1 N–H and O–H groups in total. The lowest BCUT2D eigenvalue weighted by molar-refractivity contribution is -0.134. The van der Waals surface area contributed by atoms with E-state index in [4.69, 9.17) is 0 Å². The number of sulfonamides is 1. The van der Waals surface area contributed by atoms with E-state index in [1.165, 1.54) is 0 Å². The molecule has 1 aromatic carbocycles. The Kier molecular flexibility index (Phi) is 6.17. The number of nitrogens with one attached hydrogen (secondary N) is 1. The lowest BCUT2D eigenvalue weighted by Gasteiger charge is -2.45. The first-order chi connectivity index (χ1) is 13.2. The van der Waals surface area contributed by atoms with Gasteiger partial charge in [-0.3, -0.25) is 10.1 Å². The molecule has 2 aliphatic rings. The highest BCUT2D eigenvalue weighted by Gasteiger charge is 2.53. The summed E-state index contributed by atoms with van der Waals surface area (Å²) < 4.78 is 27.5. The lowest BCUT2D eigenvalue weighted by atomic mass is 9.95. The molecule has 156 valence electrons. The van der Waals surface area contributed by atoms with Crippen LogP contribution in [-0.4, -0.2) is 54.9 Å². The van der Waals surface area contributed by atoms with Gasteiger partial charge in [-0.25, -0.2) is 8.42 Å². The van der Waals surface area contributed by atoms with E-state index in [1.54, 1.807) is 28.6 Å². The van der Waals surface area contributed by atoms with Crippen molar-refractivity contribution in [2.45, 2.75) is 63.6 Å². The Morgan fingerprint density at radius 2 is 1.75 bits per heavy atom. The highest BCUT2D eigenvalue weighted by Crippen LogP contribution is 2.36. The van der Waals surface area contributed by atoms with Crippen molar-refractivity contribution in [3.05, 3.63) is 30.3 Å². The topological polar surface area (TPSA) is 69.7 Å². The van der Waals surface area contributed by atoms with Crippen LogP contribution in [0.1, 0.15) is 47.0 Å². The van der Waals surface area contributed by atoms with E-state index in [1.807, 2.05) is 11.0 Å². The van der Waals surface area contributed by atoms with Crippen LogP contribution in [0, 0.1) is 11.8 Å². The van der Waals surface area contributed by atoms with Gasteiger partial charge in [-0.15, -0.1) is 0 Å². The van der Waals surface area contributed by atoms with Gasteiger partial charge in [0.25, 0.3) is 0 Å². The summed E-state index contributed by atoms with van der Waals surface area (Å²) in [5.74, 6) is 0.784. The van der Waals surface area contributed by atoms with Gasteiger partial charge in [0.1, 0.15) is 0 Å². The van der Waals surface area contributed by atoms with Crippen molar-refractivity contribution in [2.75, 3.05) is 19.6 Å². The van der Waals surface area contributed by atoms with Gasteiger partial charge in [-0.1, -0.05) is 52.3 Å². The Hall–Kier alpha value is -1.44. The molecule has 2 saturated heterocycles. The monoisotopic (exact) mass is 407 g/mol. The average Bonchev–Trinajstić information content (AvgIpc) is 2.95. The zero-order chi connectivity index (χ0) is 20.5. The number of carbonyl (C=O) groups is 1. The molecule has 7 heteroatoms. The van der Waals surface area contributed by atoms with Crippen molar-refractivity contribution in [1.82, 2.24) is 14.5 Å². The summed E-state index contributed by atoms with van der Waals surface area (Å²) in [5, 5.41) is 3.60. The Morgan fingerprint density at radius 1 is 1.14 bits per heavy atom. The molecule has 0 unspecified atom stereocenters. The second-order valence-corrected chi connectivity index (χ2v) is 10.5. The smallest absolute Gasteiger partial charge is 0.243 e. The Bertz CT molecular complexity index is 786. The third-order valence-electron chi connectivity index (χ3n) is 6.26. The van der Waals surface area contributed by atoms with Crippen LogP contribution >= 0.6 is 0 Å². The van der Waals surface area contributed by atoms with E-state index >= 15 is 0 Å². The quantitative estimate of drug-likeness (QED) is 0.787. The average molecular weight is 408 g/mol. The van der Waals surface area contributed by atoms with Crippen molar-refractivity contribution in [2.24, 2.45) is 11.8 Å². The van der Waals surface area contributed by atoms with Crippen molar-refractivity contribution < 1.29 is 13.2 Å². The number of benzene rings is 1. The van der Waals surface area contributed by atoms with Crippen molar-refractivity contribution in [1.29, 1.82) is 0 Å². The second kappa shape index (κ2) is 8.13. The van der Waals surface area contributed by atoms with Crippen molar-refractivity contribution in [3.63, 3.8) is 0 Å². The minimum Gasteiger partial charge on any atom is -0.323 e. The highest BCUT2D eigenvalue weighted by molar-refractivity contribution is 7.89. The molecular weight excluding hydrogens is 374 g/mol. The molecule has 1 amide bonds. The van der Waals surface area contributed by atoms with E-state index in [0.717, 1.165) is 13.0 Å². The third-order valence-corrected chi connectivity index (χ3v) is 8.17. The number of hydrogen-bond acceptors (Lipinski definition) is 4. The molecule has 0 aliphatic carbocycles. The molecule has 0 radical (unpaired) electrons. The molecule has 1 aromatic rings. The van der Waals surface area contributed by atoms with E-state index in [2.05, 4.69) is 33.0 Å². The summed E-state index contributed by atoms with van der Waals surface area (Å²) in [5.41, 5.74) is -0.432. The Balaban J connectivity index is 1.80. The molecule has 0 aromatic heterocycles. The van der Waals surface area contributed by atoms with Crippen molar-refractivity contribution in [3.8, 4) is 0 Å². The van der Waals surface area contributed by atoms with E-state index < -0.39 is 15.7 Å². The summed E-state index contributed by atoms with van der Waals surface area (Å²) >= 11 is 0. The molecule has 0 bridgehead atoms. The van der Waals surface area contributed by atoms with Gasteiger partial charge in [0, 0.05) is 19.6 Å². The van der Waals surface area contributed by atoms with Gasteiger partial charge < -0.3 is 4.90 Å². The predicted molar refractivity (Wildman–Crippen MR) is 110 cm³/mol.